The molecule has 0 aliphatic heterocycles. The van der Waals surface area contributed by atoms with Crippen molar-refractivity contribution >= 4 is 21.9 Å². The van der Waals surface area contributed by atoms with Crippen molar-refractivity contribution in [2.75, 3.05) is 0 Å². The second-order valence-electron chi connectivity index (χ2n) is 12.1. The predicted octanol–water partition coefficient (Wildman–Crippen LogP) is 9.51. The normalized spacial score (nSPS) is 20.7. The molecule has 0 radical (unpaired) electrons. The third-order valence-electron chi connectivity index (χ3n) is 8.67. The zero-order valence-electron chi connectivity index (χ0n) is 24.1. The Morgan fingerprint density at radius 3 is 2.16 bits per heavy atom. The van der Waals surface area contributed by atoms with Crippen LogP contribution in [-0.2, 0) is 7.05 Å². The number of nitrogens with zero attached hydrogens (tertiary/aromatic N) is 1. The van der Waals surface area contributed by atoms with Gasteiger partial charge in [-0.1, -0.05) is 57.2 Å². The minimum Gasteiger partial charge on any atom is -0.454 e. The van der Waals surface area contributed by atoms with Gasteiger partial charge in [-0.3, -0.25) is 0 Å². The van der Waals surface area contributed by atoms with Crippen molar-refractivity contribution in [2.24, 2.45) is 18.4 Å². The Labute approximate surface area is 226 Å². The number of halogens is 1. The average molecular weight is 508 g/mol. The van der Waals surface area contributed by atoms with Crippen LogP contribution in [0.4, 0.5) is 4.39 Å². The van der Waals surface area contributed by atoms with E-state index in [0.29, 0.717) is 17.1 Å². The molecular weight excluding hydrogens is 469 g/mol. The molecule has 6 rings (SSSR count). The van der Waals surface area contributed by atoms with Crippen LogP contribution < -0.4 is 4.57 Å². The molecule has 0 bridgehead atoms. The van der Waals surface area contributed by atoms with Crippen LogP contribution in [-0.4, -0.2) is 0 Å². The van der Waals surface area contributed by atoms with E-state index in [0.717, 1.165) is 70.0 Å². The molecule has 0 N–H and O–H groups in total. The third-order valence-corrected chi connectivity index (χ3v) is 8.67. The largest absolute Gasteiger partial charge is 0.454 e. The number of fused-ring (bicyclic) bond motifs is 3. The second-order valence-corrected chi connectivity index (χ2v) is 12.1. The highest BCUT2D eigenvalue weighted by atomic mass is 19.1. The van der Waals surface area contributed by atoms with Gasteiger partial charge in [0.15, 0.2) is 6.20 Å². The van der Waals surface area contributed by atoms with Crippen molar-refractivity contribution in [1.82, 2.24) is 0 Å². The highest BCUT2D eigenvalue weighted by Gasteiger charge is 2.30. The molecule has 3 aromatic carbocycles. The Morgan fingerprint density at radius 2 is 1.50 bits per heavy atom. The van der Waals surface area contributed by atoms with E-state index in [1.54, 1.807) is 6.07 Å². The standard InChI is InChI=1S/C35H37FNO/c1-22-9-18-27-28-19-20-29(36)32(34(28)38-33(27)31(22)30-8-6-7-21-37(30)5)25-12-10-23(11-13-25)24-14-16-26(17-15-24)35(2,3)4/h6-13,18-21,24,26H,14-17H2,1-5H3/q+1/i24D. The first-order valence-corrected chi connectivity index (χ1v) is 13.8. The first kappa shape index (κ1) is 23.6. The van der Waals surface area contributed by atoms with Crippen molar-refractivity contribution in [1.29, 1.82) is 0 Å². The Bertz CT molecular complexity index is 1680. The SMILES string of the molecule is [2H]C1(c2ccc(-c3c(F)ccc4c3oc3c(-c5cccc[n+]5C)c(C)ccc34)cc2)CCC(C(C)(C)C)CC1. The van der Waals surface area contributed by atoms with E-state index in [4.69, 9.17) is 4.42 Å². The number of pyridine rings is 1. The maximum absolute atomic E-state index is 15.5. The molecule has 1 fully saturated rings. The van der Waals surface area contributed by atoms with Crippen LogP contribution >= 0.6 is 0 Å². The summed E-state index contributed by atoms with van der Waals surface area (Å²) in [4.78, 5) is 0. The quantitative estimate of drug-likeness (QED) is 0.222. The minimum absolute atomic E-state index is 0.282. The van der Waals surface area contributed by atoms with Crippen LogP contribution in [0, 0.1) is 24.1 Å². The molecule has 0 amide bonds. The first-order valence-electron chi connectivity index (χ1n) is 14.3. The summed E-state index contributed by atoms with van der Waals surface area (Å²) < 4.78 is 33.4. The van der Waals surface area contributed by atoms with Gasteiger partial charge in [-0.2, -0.15) is 0 Å². The van der Waals surface area contributed by atoms with Gasteiger partial charge in [-0.15, -0.1) is 0 Å². The minimum atomic E-state index is -0.582. The number of furan rings is 1. The molecule has 2 nitrogen and oxygen atoms in total. The lowest BCUT2D eigenvalue weighted by atomic mass is 9.68. The van der Waals surface area contributed by atoms with Gasteiger partial charge in [0.25, 0.3) is 0 Å². The van der Waals surface area contributed by atoms with Crippen molar-refractivity contribution in [3.63, 3.8) is 0 Å². The van der Waals surface area contributed by atoms with E-state index in [1.165, 1.54) is 0 Å². The highest BCUT2D eigenvalue weighted by molar-refractivity contribution is 6.13. The smallest absolute Gasteiger partial charge is 0.216 e. The van der Waals surface area contributed by atoms with Crippen LogP contribution in [0.15, 0.2) is 77.3 Å². The van der Waals surface area contributed by atoms with Gasteiger partial charge >= 0.3 is 0 Å². The van der Waals surface area contributed by atoms with Crippen LogP contribution in [0.2, 0.25) is 0 Å². The highest BCUT2D eigenvalue weighted by Crippen LogP contribution is 2.44. The van der Waals surface area contributed by atoms with Crippen molar-refractivity contribution in [3.05, 3.63) is 89.9 Å². The molecule has 5 aromatic rings. The Kier molecular flexibility index (Phi) is 5.83. The zero-order chi connectivity index (χ0) is 27.5. The molecular formula is C35H37FNO+. The Morgan fingerprint density at radius 1 is 0.842 bits per heavy atom. The number of hydrogen-bond donors (Lipinski definition) is 0. The van der Waals surface area contributed by atoms with E-state index in [-0.39, 0.29) is 11.2 Å². The lowest BCUT2D eigenvalue weighted by molar-refractivity contribution is -0.660. The summed E-state index contributed by atoms with van der Waals surface area (Å²) in [6, 6.07) is 21.7. The van der Waals surface area contributed by atoms with Gasteiger partial charge in [-0.25, -0.2) is 8.96 Å². The van der Waals surface area contributed by atoms with Gasteiger partial charge in [0.1, 0.15) is 24.0 Å². The molecule has 194 valence electrons. The predicted molar refractivity (Wildman–Crippen MR) is 155 cm³/mol. The summed E-state index contributed by atoms with van der Waals surface area (Å²) in [6.45, 7) is 9.00. The number of aromatic nitrogens is 1. The molecule has 1 saturated carbocycles. The van der Waals surface area contributed by atoms with Crippen molar-refractivity contribution in [3.8, 4) is 22.4 Å². The summed E-state index contributed by atoms with van der Waals surface area (Å²) in [5, 5.41) is 1.89. The van der Waals surface area contributed by atoms with E-state index in [9.17, 15) is 1.37 Å². The summed E-state index contributed by atoms with van der Waals surface area (Å²) in [5.74, 6) is -0.229. The second kappa shape index (κ2) is 9.38. The lowest BCUT2D eigenvalue weighted by Crippen LogP contribution is -2.30. The summed E-state index contributed by atoms with van der Waals surface area (Å²) in [6.07, 6.45) is 5.89. The maximum atomic E-state index is 15.5. The molecule has 0 spiro atoms. The fraction of sp³-hybridized carbons (Fsp3) is 0.343. The molecule has 2 aromatic heterocycles. The molecule has 0 saturated heterocycles. The monoisotopic (exact) mass is 507 g/mol. The fourth-order valence-corrected chi connectivity index (χ4v) is 6.34. The van der Waals surface area contributed by atoms with Gasteiger partial charge in [0, 0.05) is 24.3 Å². The van der Waals surface area contributed by atoms with Crippen molar-refractivity contribution in [2.45, 2.75) is 59.3 Å². The number of aryl methyl sites for hydroxylation is 2. The molecule has 3 heteroatoms. The van der Waals surface area contributed by atoms with Gasteiger partial charge in [0.2, 0.25) is 5.69 Å². The van der Waals surface area contributed by atoms with Crippen LogP contribution in [0.3, 0.4) is 0 Å². The topological polar surface area (TPSA) is 17.0 Å². The molecule has 1 aliphatic rings. The molecule has 1 aliphatic carbocycles. The fourth-order valence-electron chi connectivity index (χ4n) is 6.34. The van der Waals surface area contributed by atoms with Crippen molar-refractivity contribution < 1.29 is 14.7 Å². The van der Waals surface area contributed by atoms with Gasteiger partial charge < -0.3 is 4.42 Å². The summed E-state index contributed by atoms with van der Waals surface area (Å²) in [5.41, 5.74) is 7.07. The molecule has 2 heterocycles. The molecule has 0 atom stereocenters. The maximum Gasteiger partial charge on any atom is 0.216 e. The van der Waals surface area contributed by atoms with Crippen LogP contribution in [0.5, 0.6) is 0 Å². The Hall–Kier alpha value is -3.46. The van der Waals surface area contributed by atoms with Gasteiger partial charge in [0.05, 0.1) is 11.1 Å². The summed E-state index contributed by atoms with van der Waals surface area (Å²) in [7, 11) is 2.03. The average Bonchev–Trinajstić information content (AvgIpc) is 3.27. The molecule has 0 unspecified atom stereocenters. The number of benzene rings is 3. The number of rotatable bonds is 3. The third kappa shape index (κ3) is 4.22. The summed E-state index contributed by atoms with van der Waals surface area (Å²) >= 11 is 0. The Balaban J connectivity index is 1.43. The first-order chi connectivity index (χ1) is 18.6. The van der Waals surface area contributed by atoms with Crippen LogP contribution in [0.25, 0.3) is 44.3 Å². The number of hydrogen-bond acceptors (Lipinski definition) is 1. The van der Waals surface area contributed by atoms with E-state index < -0.39 is 5.89 Å². The lowest BCUT2D eigenvalue weighted by Gasteiger charge is -2.37. The van der Waals surface area contributed by atoms with E-state index in [2.05, 4.69) is 50.5 Å². The van der Waals surface area contributed by atoms with E-state index >= 15 is 4.39 Å². The molecule has 38 heavy (non-hydrogen) atoms. The van der Waals surface area contributed by atoms with Gasteiger partial charge in [-0.05, 0) is 84.7 Å². The zero-order valence-corrected chi connectivity index (χ0v) is 23.1. The van der Waals surface area contributed by atoms with Crippen LogP contribution in [0.1, 0.15) is 64.8 Å². The van der Waals surface area contributed by atoms with E-state index in [1.807, 2.05) is 55.7 Å².